The highest BCUT2D eigenvalue weighted by atomic mass is 35.5. The van der Waals surface area contributed by atoms with E-state index < -0.39 is 0 Å². The molecule has 134 valence electrons. The van der Waals surface area contributed by atoms with Crippen LogP contribution in [0.5, 0.6) is 11.6 Å². The van der Waals surface area contributed by atoms with Crippen LogP contribution in [0.25, 0.3) is 10.9 Å². The molecule has 0 saturated carbocycles. The van der Waals surface area contributed by atoms with Gasteiger partial charge < -0.3 is 15.8 Å². The summed E-state index contributed by atoms with van der Waals surface area (Å²) in [4.78, 5) is 12.8. The molecular weight excluding hydrogens is 362 g/mol. The van der Waals surface area contributed by atoms with Crippen LogP contribution >= 0.6 is 11.6 Å². The largest absolute Gasteiger partial charge is 0.435 e. The molecule has 0 aliphatic carbocycles. The molecule has 2 heterocycles. The lowest BCUT2D eigenvalue weighted by Crippen LogP contribution is -2.04. The van der Waals surface area contributed by atoms with Crippen molar-refractivity contribution in [3.63, 3.8) is 0 Å². The third kappa shape index (κ3) is 3.35. The van der Waals surface area contributed by atoms with Crippen LogP contribution in [0.2, 0.25) is 5.02 Å². The first-order chi connectivity index (χ1) is 13.1. The summed E-state index contributed by atoms with van der Waals surface area (Å²) in [6.45, 7) is 1.92. The molecule has 0 aliphatic heterocycles. The van der Waals surface area contributed by atoms with Gasteiger partial charge in [-0.05, 0) is 36.8 Å². The number of nitrogens with zero attached hydrogens (tertiary/aromatic N) is 3. The number of hydrogen-bond acceptors (Lipinski definition) is 6. The van der Waals surface area contributed by atoms with E-state index in [1.165, 1.54) is 6.33 Å². The van der Waals surface area contributed by atoms with E-state index in [1.54, 1.807) is 6.20 Å². The zero-order valence-electron chi connectivity index (χ0n) is 14.5. The van der Waals surface area contributed by atoms with Gasteiger partial charge in [0, 0.05) is 22.3 Å². The number of hydrogen-bond donors (Lipinski definition) is 2. The second-order valence-electron chi connectivity index (χ2n) is 5.91. The van der Waals surface area contributed by atoms with Crippen LogP contribution in [0, 0.1) is 6.92 Å². The van der Waals surface area contributed by atoms with Crippen molar-refractivity contribution < 1.29 is 4.74 Å². The standard InChI is InChI=1S/C20H16ClN5O/c1-12-14(21)7-3-8-15(12)26-19-17(22)20(25-11-24-19)27-16-9-2-5-13-6-4-10-23-18(13)16/h2-11H,22H2,1H3,(H,24,25,26). The molecule has 0 bridgehead atoms. The molecule has 2 aromatic carbocycles. The number of pyridine rings is 1. The third-order valence-corrected chi connectivity index (χ3v) is 4.58. The smallest absolute Gasteiger partial charge is 0.248 e. The Morgan fingerprint density at radius 3 is 2.70 bits per heavy atom. The van der Waals surface area contributed by atoms with E-state index in [4.69, 9.17) is 22.1 Å². The summed E-state index contributed by atoms with van der Waals surface area (Å²) in [5.74, 6) is 1.27. The number of halogens is 1. The van der Waals surface area contributed by atoms with Gasteiger partial charge in [0.1, 0.15) is 17.5 Å². The van der Waals surface area contributed by atoms with Gasteiger partial charge in [0.15, 0.2) is 11.6 Å². The summed E-state index contributed by atoms with van der Waals surface area (Å²) in [7, 11) is 0. The quantitative estimate of drug-likeness (QED) is 0.514. The number of nitrogen functional groups attached to an aromatic ring is 1. The molecule has 0 unspecified atom stereocenters. The van der Waals surface area contributed by atoms with E-state index in [0.29, 0.717) is 22.3 Å². The van der Waals surface area contributed by atoms with E-state index in [0.717, 1.165) is 22.2 Å². The van der Waals surface area contributed by atoms with E-state index in [9.17, 15) is 0 Å². The lowest BCUT2D eigenvalue weighted by atomic mass is 10.2. The Hall–Kier alpha value is -3.38. The van der Waals surface area contributed by atoms with Crippen molar-refractivity contribution in [2.45, 2.75) is 6.92 Å². The number of para-hydroxylation sites is 1. The van der Waals surface area contributed by atoms with Crippen LogP contribution in [-0.2, 0) is 0 Å². The van der Waals surface area contributed by atoms with Crippen LogP contribution < -0.4 is 15.8 Å². The molecule has 0 atom stereocenters. The van der Waals surface area contributed by atoms with Crippen molar-refractivity contribution in [1.29, 1.82) is 0 Å². The van der Waals surface area contributed by atoms with Crippen molar-refractivity contribution in [2.24, 2.45) is 0 Å². The van der Waals surface area contributed by atoms with Gasteiger partial charge in [-0.2, -0.15) is 4.98 Å². The van der Waals surface area contributed by atoms with Gasteiger partial charge in [0.25, 0.3) is 0 Å². The van der Waals surface area contributed by atoms with Crippen LogP contribution in [0.1, 0.15) is 5.56 Å². The predicted molar refractivity (Wildman–Crippen MR) is 108 cm³/mol. The molecule has 0 spiro atoms. The summed E-state index contributed by atoms with van der Waals surface area (Å²) in [6, 6.07) is 15.1. The Kier molecular flexibility index (Phi) is 4.48. The first-order valence-electron chi connectivity index (χ1n) is 8.27. The number of nitrogens with one attached hydrogen (secondary N) is 1. The van der Waals surface area contributed by atoms with E-state index in [1.807, 2.05) is 55.5 Å². The minimum Gasteiger partial charge on any atom is -0.435 e. The van der Waals surface area contributed by atoms with Gasteiger partial charge in [0.05, 0.1) is 0 Å². The molecule has 4 rings (SSSR count). The average Bonchev–Trinajstić information content (AvgIpc) is 2.69. The SMILES string of the molecule is Cc1c(Cl)cccc1Nc1ncnc(Oc2cccc3cccnc23)c1N. The van der Waals surface area contributed by atoms with Crippen LogP contribution in [0.3, 0.4) is 0 Å². The minimum absolute atomic E-state index is 0.255. The zero-order chi connectivity index (χ0) is 18.8. The highest BCUT2D eigenvalue weighted by Gasteiger charge is 2.13. The summed E-state index contributed by atoms with van der Waals surface area (Å²) >= 11 is 6.18. The summed E-state index contributed by atoms with van der Waals surface area (Å²) in [5.41, 5.74) is 8.99. The molecule has 0 radical (unpaired) electrons. The lowest BCUT2D eigenvalue weighted by molar-refractivity contribution is 0.469. The van der Waals surface area contributed by atoms with Crippen molar-refractivity contribution >= 4 is 39.7 Å². The Labute approximate surface area is 161 Å². The van der Waals surface area contributed by atoms with Crippen LogP contribution in [-0.4, -0.2) is 15.0 Å². The number of benzene rings is 2. The second-order valence-corrected chi connectivity index (χ2v) is 6.32. The summed E-state index contributed by atoms with van der Waals surface area (Å²) in [5, 5.41) is 4.81. The van der Waals surface area contributed by atoms with Gasteiger partial charge in [-0.1, -0.05) is 35.9 Å². The van der Waals surface area contributed by atoms with E-state index in [2.05, 4.69) is 20.3 Å². The number of rotatable bonds is 4. The van der Waals surface area contributed by atoms with Gasteiger partial charge in [-0.15, -0.1) is 0 Å². The molecule has 27 heavy (non-hydrogen) atoms. The number of fused-ring (bicyclic) bond motifs is 1. The van der Waals surface area contributed by atoms with E-state index >= 15 is 0 Å². The fraction of sp³-hybridized carbons (Fsp3) is 0.0500. The van der Waals surface area contributed by atoms with Gasteiger partial charge >= 0.3 is 0 Å². The van der Waals surface area contributed by atoms with Crippen molar-refractivity contribution in [3.05, 3.63) is 71.6 Å². The minimum atomic E-state index is 0.255. The third-order valence-electron chi connectivity index (χ3n) is 4.17. The molecular formula is C20H16ClN5O. The van der Waals surface area contributed by atoms with E-state index in [-0.39, 0.29) is 5.88 Å². The highest BCUT2D eigenvalue weighted by molar-refractivity contribution is 6.31. The summed E-state index contributed by atoms with van der Waals surface area (Å²) in [6.07, 6.45) is 3.11. The van der Waals surface area contributed by atoms with Gasteiger partial charge in [-0.25, -0.2) is 4.98 Å². The normalized spacial score (nSPS) is 10.7. The molecule has 0 aliphatic rings. The maximum Gasteiger partial charge on any atom is 0.248 e. The van der Waals surface area contributed by atoms with Gasteiger partial charge in [-0.3, -0.25) is 4.98 Å². The molecule has 0 amide bonds. The molecule has 2 aromatic heterocycles. The van der Waals surface area contributed by atoms with Crippen molar-refractivity contribution in [2.75, 3.05) is 11.1 Å². The average molecular weight is 378 g/mol. The zero-order valence-corrected chi connectivity index (χ0v) is 15.2. The molecule has 4 aromatic rings. The topological polar surface area (TPSA) is 86.0 Å². The van der Waals surface area contributed by atoms with Crippen LogP contribution in [0.4, 0.5) is 17.2 Å². The maximum absolute atomic E-state index is 6.25. The number of ether oxygens (including phenoxy) is 1. The monoisotopic (exact) mass is 377 g/mol. The van der Waals surface area contributed by atoms with Crippen LogP contribution in [0.15, 0.2) is 61.1 Å². The Balaban J connectivity index is 1.69. The number of nitrogens with two attached hydrogens (primary N) is 1. The predicted octanol–water partition coefficient (Wildman–Crippen LogP) is 5.10. The maximum atomic E-state index is 6.25. The first kappa shape index (κ1) is 17.1. The van der Waals surface area contributed by atoms with Crippen molar-refractivity contribution in [3.8, 4) is 11.6 Å². The second kappa shape index (κ2) is 7.09. The molecule has 0 fully saturated rings. The molecule has 6 nitrogen and oxygen atoms in total. The Morgan fingerprint density at radius 1 is 1.00 bits per heavy atom. The summed E-state index contributed by atoms with van der Waals surface area (Å²) < 4.78 is 5.95. The molecule has 3 N–H and O–H groups in total. The fourth-order valence-corrected chi connectivity index (χ4v) is 2.87. The number of aromatic nitrogens is 3. The molecule has 0 saturated heterocycles. The number of anilines is 3. The lowest BCUT2D eigenvalue weighted by Gasteiger charge is -2.14. The molecule has 7 heteroatoms. The fourth-order valence-electron chi connectivity index (χ4n) is 2.69. The van der Waals surface area contributed by atoms with Gasteiger partial charge in [0.2, 0.25) is 5.88 Å². The Morgan fingerprint density at radius 2 is 1.81 bits per heavy atom. The van der Waals surface area contributed by atoms with Crippen molar-refractivity contribution in [1.82, 2.24) is 15.0 Å². The highest BCUT2D eigenvalue weighted by Crippen LogP contribution is 2.34. The first-order valence-corrected chi connectivity index (χ1v) is 8.65. The Bertz CT molecular complexity index is 1130.